The van der Waals surface area contributed by atoms with Gasteiger partial charge < -0.3 is 0 Å². The van der Waals surface area contributed by atoms with E-state index in [9.17, 15) is 0 Å². The van der Waals surface area contributed by atoms with E-state index < -0.39 is 0 Å². The Morgan fingerprint density at radius 2 is 1.78 bits per heavy atom. The lowest BCUT2D eigenvalue weighted by atomic mass is 10.1. The molecule has 0 spiro atoms. The van der Waals surface area contributed by atoms with Crippen molar-refractivity contribution in [2.75, 3.05) is 0 Å². The summed E-state index contributed by atoms with van der Waals surface area (Å²) in [4.78, 5) is 13.3. The second-order valence-electron chi connectivity index (χ2n) is 3.88. The van der Waals surface area contributed by atoms with Gasteiger partial charge in [0.15, 0.2) is 5.82 Å². The van der Waals surface area contributed by atoms with Crippen LogP contribution in [-0.4, -0.2) is 15.0 Å². The van der Waals surface area contributed by atoms with E-state index in [4.69, 9.17) is 0 Å². The molecule has 0 saturated carbocycles. The van der Waals surface area contributed by atoms with Crippen LogP contribution in [0.4, 0.5) is 0 Å². The lowest BCUT2D eigenvalue weighted by molar-refractivity contribution is 1.14. The molecule has 0 bridgehead atoms. The first-order valence-electron chi connectivity index (χ1n) is 5.64. The third-order valence-corrected chi connectivity index (χ3v) is 3.35. The summed E-state index contributed by atoms with van der Waals surface area (Å²) in [5.74, 6) is 0.681. The Morgan fingerprint density at radius 3 is 2.50 bits per heavy atom. The molecule has 2 heterocycles. The molecule has 1 aromatic carbocycles. The summed E-state index contributed by atoms with van der Waals surface area (Å²) in [6, 6.07) is 12.0. The molecule has 0 aliphatic heterocycles. The van der Waals surface area contributed by atoms with Gasteiger partial charge in [-0.1, -0.05) is 30.3 Å². The molecule has 0 saturated heterocycles. The quantitative estimate of drug-likeness (QED) is 0.700. The molecule has 0 aliphatic rings. The number of benzene rings is 1. The van der Waals surface area contributed by atoms with Gasteiger partial charge >= 0.3 is 0 Å². The van der Waals surface area contributed by atoms with Crippen LogP contribution >= 0.6 is 11.3 Å². The van der Waals surface area contributed by atoms with Crippen LogP contribution in [0.5, 0.6) is 0 Å². The van der Waals surface area contributed by atoms with Gasteiger partial charge in [0.2, 0.25) is 0 Å². The number of hydrogen-bond donors (Lipinski definition) is 0. The normalized spacial score (nSPS) is 10.5. The zero-order valence-electron chi connectivity index (χ0n) is 9.87. The molecule has 88 valence electrons. The molecule has 0 atom stereocenters. The van der Waals surface area contributed by atoms with Gasteiger partial charge in [-0.25, -0.2) is 15.0 Å². The summed E-state index contributed by atoms with van der Waals surface area (Å²) in [5, 5.41) is 3.01. The van der Waals surface area contributed by atoms with Crippen molar-refractivity contribution in [2.45, 2.75) is 6.92 Å². The number of aromatic nitrogens is 3. The summed E-state index contributed by atoms with van der Waals surface area (Å²) < 4.78 is 0. The minimum atomic E-state index is 0.681. The highest BCUT2D eigenvalue weighted by Gasteiger charge is 2.07. The van der Waals surface area contributed by atoms with Gasteiger partial charge in [-0.05, 0) is 13.0 Å². The highest BCUT2D eigenvalue weighted by molar-refractivity contribution is 7.09. The lowest BCUT2D eigenvalue weighted by Crippen LogP contribution is -1.91. The zero-order chi connectivity index (χ0) is 12.4. The molecular weight excluding hydrogens is 242 g/mol. The zero-order valence-corrected chi connectivity index (χ0v) is 10.7. The summed E-state index contributed by atoms with van der Waals surface area (Å²) in [5.41, 5.74) is 2.86. The number of thiazole rings is 1. The Bertz CT molecular complexity index is 662. The molecule has 18 heavy (non-hydrogen) atoms. The van der Waals surface area contributed by atoms with Crippen molar-refractivity contribution < 1.29 is 0 Å². The third kappa shape index (κ3) is 2.15. The lowest BCUT2D eigenvalue weighted by Gasteiger charge is -2.01. The second kappa shape index (κ2) is 4.66. The predicted molar refractivity (Wildman–Crippen MR) is 73.3 cm³/mol. The van der Waals surface area contributed by atoms with E-state index in [1.165, 1.54) is 0 Å². The van der Waals surface area contributed by atoms with E-state index >= 15 is 0 Å². The highest BCUT2D eigenvalue weighted by Crippen LogP contribution is 2.21. The molecule has 0 radical (unpaired) electrons. The van der Waals surface area contributed by atoms with Gasteiger partial charge in [0.05, 0.1) is 10.7 Å². The van der Waals surface area contributed by atoms with Gasteiger partial charge in [0, 0.05) is 17.1 Å². The maximum atomic E-state index is 4.56. The first-order valence-corrected chi connectivity index (χ1v) is 6.52. The Hall–Kier alpha value is -2.07. The first-order chi connectivity index (χ1) is 8.83. The fraction of sp³-hybridized carbons (Fsp3) is 0.0714. The smallest absolute Gasteiger partial charge is 0.179 e. The van der Waals surface area contributed by atoms with Crippen molar-refractivity contribution in [2.24, 2.45) is 0 Å². The maximum absolute atomic E-state index is 4.56. The molecule has 0 unspecified atom stereocenters. The molecule has 3 aromatic rings. The van der Waals surface area contributed by atoms with Gasteiger partial charge in [0.1, 0.15) is 5.69 Å². The Labute approximate surface area is 109 Å². The summed E-state index contributed by atoms with van der Waals surface area (Å²) in [6.45, 7) is 1.98. The van der Waals surface area contributed by atoms with E-state index in [2.05, 4.69) is 15.0 Å². The highest BCUT2D eigenvalue weighted by atomic mass is 32.1. The van der Waals surface area contributed by atoms with E-state index in [-0.39, 0.29) is 0 Å². The summed E-state index contributed by atoms with van der Waals surface area (Å²) >= 11 is 1.61. The molecule has 3 rings (SSSR count). The maximum Gasteiger partial charge on any atom is 0.179 e. The number of aryl methyl sites for hydroxylation is 1. The summed E-state index contributed by atoms with van der Waals surface area (Å²) in [6.07, 6.45) is 1.78. The fourth-order valence-electron chi connectivity index (χ4n) is 1.72. The summed E-state index contributed by atoms with van der Waals surface area (Å²) in [7, 11) is 0. The monoisotopic (exact) mass is 253 g/mol. The molecular formula is C14H11N3S. The minimum absolute atomic E-state index is 0.681. The first kappa shape index (κ1) is 11.0. The average molecular weight is 253 g/mol. The standard InChI is InChI=1S/C14H11N3S/c1-10-16-13(9-18-10)14-15-8-7-12(17-14)11-5-3-2-4-6-11/h2-9H,1H3. The Morgan fingerprint density at radius 1 is 0.944 bits per heavy atom. The molecule has 0 amide bonds. The SMILES string of the molecule is Cc1nc(-c2nccc(-c3ccccc3)n2)cs1. The van der Waals surface area contributed by atoms with Crippen LogP contribution in [-0.2, 0) is 0 Å². The number of nitrogens with zero attached hydrogens (tertiary/aromatic N) is 3. The van der Waals surface area contributed by atoms with Crippen molar-refractivity contribution in [3.05, 3.63) is 53.0 Å². The van der Waals surface area contributed by atoms with Crippen molar-refractivity contribution in [1.82, 2.24) is 15.0 Å². The molecule has 0 fully saturated rings. The van der Waals surface area contributed by atoms with Gasteiger partial charge in [-0.3, -0.25) is 0 Å². The van der Waals surface area contributed by atoms with Crippen LogP contribution in [0.3, 0.4) is 0 Å². The predicted octanol–water partition coefficient (Wildman–Crippen LogP) is 3.58. The van der Waals surface area contributed by atoms with Crippen LogP contribution < -0.4 is 0 Å². The van der Waals surface area contributed by atoms with E-state index in [0.717, 1.165) is 22.0 Å². The molecule has 0 aliphatic carbocycles. The minimum Gasteiger partial charge on any atom is -0.238 e. The van der Waals surface area contributed by atoms with Crippen molar-refractivity contribution in [3.63, 3.8) is 0 Å². The van der Waals surface area contributed by atoms with Crippen LogP contribution in [0, 0.1) is 6.92 Å². The van der Waals surface area contributed by atoms with Crippen LogP contribution in [0.1, 0.15) is 5.01 Å². The molecule has 3 nitrogen and oxygen atoms in total. The fourth-order valence-corrected chi connectivity index (χ4v) is 2.31. The molecule has 2 aromatic heterocycles. The average Bonchev–Trinajstić information content (AvgIpc) is 2.87. The van der Waals surface area contributed by atoms with Crippen LogP contribution in [0.25, 0.3) is 22.8 Å². The molecule has 4 heteroatoms. The van der Waals surface area contributed by atoms with Crippen molar-refractivity contribution in [1.29, 1.82) is 0 Å². The van der Waals surface area contributed by atoms with Crippen molar-refractivity contribution >= 4 is 11.3 Å². The van der Waals surface area contributed by atoms with E-state index in [0.29, 0.717) is 5.82 Å². The largest absolute Gasteiger partial charge is 0.238 e. The van der Waals surface area contributed by atoms with Crippen molar-refractivity contribution in [3.8, 4) is 22.8 Å². The number of hydrogen-bond acceptors (Lipinski definition) is 4. The van der Waals surface area contributed by atoms with Gasteiger partial charge in [-0.2, -0.15) is 0 Å². The van der Waals surface area contributed by atoms with Crippen LogP contribution in [0.2, 0.25) is 0 Å². The topological polar surface area (TPSA) is 38.7 Å². The Balaban J connectivity index is 2.05. The third-order valence-electron chi connectivity index (χ3n) is 2.57. The number of rotatable bonds is 2. The van der Waals surface area contributed by atoms with Gasteiger partial charge in [-0.15, -0.1) is 11.3 Å². The van der Waals surface area contributed by atoms with E-state index in [1.807, 2.05) is 48.7 Å². The molecule has 0 N–H and O–H groups in total. The van der Waals surface area contributed by atoms with E-state index in [1.54, 1.807) is 17.5 Å². The Kier molecular flexibility index (Phi) is 2.86. The van der Waals surface area contributed by atoms with Crippen LogP contribution in [0.15, 0.2) is 48.0 Å². The second-order valence-corrected chi connectivity index (χ2v) is 4.95. The van der Waals surface area contributed by atoms with Gasteiger partial charge in [0.25, 0.3) is 0 Å².